The van der Waals surface area contributed by atoms with Crippen LogP contribution in [0.15, 0.2) is 0 Å². The second-order valence-electron chi connectivity index (χ2n) is 10.5. The summed E-state index contributed by atoms with van der Waals surface area (Å²) < 4.78 is 15.2. The Hall–Kier alpha value is -1.71. The molecule has 0 aliphatic carbocycles. The molecule has 39 heavy (non-hydrogen) atoms. The third kappa shape index (κ3) is 16.2. The second kappa shape index (κ2) is 23.0. The van der Waals surface area contributed by atoms with Gasteiger partial charge >= 0.3 is 23.7 Å². The van der Waals surface area contributed by atoms with Gasteiger partial charge in [-0.15, -0.1) is 0 Å². The van der Waals surface area contributed by atoms with E-state index in [9.17, 15) is 29.7 Å². The highest BCUT2D eigenvalue weighted by Gasteiger charge is 2.63. The highest BCUT2D eigenvalue weighted by molar-refractivity contribution is 5.94. The summed E-state index contributed by atoms with van der Waals surface area (Å²) in [5.41, 5.74) is -3.27. The maximum absolute atomic E-state index is 12.8. The summed E-state index contributed by atoms with van der Waals surface area (Å²) in [5.74, 6) is -7.82. The standard InChI is InChI=1S/C30H56O9/c1-4-7-10-13-16-19-22-37-26(31)25-29(34,27(32)38-23-20-17-14-11-8-5-2)30(35,36)28(33)39-24-21-18-15-12-9-6-3/h34-36H,4-25H2,1-3H3. The predicted octanol–water partition coefficient (Wildman–Crippen LogP) is 5.50. The average Bonchev–Trinajstić information content (AvgIpc) is 2.91. The zero-order valence-corrected chi connectivity index (χ0v) is 24.8. The summed E-state index contributed by atoms with van der Waals surface area (Å²) in [4.78, 5) is 37.9. The molecule has 0 rings (SSSR count). The number of esters is 3. The lowest BCUT2D eigenvalue weighted by atomic mass is 9.89. The van der Waals surface area contributed by atoms with E-state index in [1.165, 1.54) is 0 Å². The maximum Gasteiger partial charge on any atom is 0.370 e. The minimum atomic E-state index is -3.69. The van der Waals surface area contributed by atoms with Gasteiger partial charge in [0.15, 0.2) is 0 Å². The molecule has 0 fully saturated rings. The van der Waals surface area contributed by atoms with E-state index in [-0.39, 0.29) is 19.8 Å². The molecule has 0 saturated heterocycles. The van der Waals surface area contributed by atoms with Gasteiger partial charge in [0.05, 0.1) is 26.2 Å². The molecule has 0 aromatic heterocycles. The van der Waals surface area contributed by atoms with Crippen LogP contribution in [0.4, 0.5) is 0 Å². The van der Waals surface area contributed by atoms with Gasteiger partial charge in [-0.25, -0.2) is 9.59 Å². The molecule has 9 nitrogen and oxygen atoms in total. The van der Waals surface area contributed by atoms with E-state index in [1.54, 1.807) is 0 Å². The second-order valence-corrected chi connectivity index (χ2v) is 10.5. The molecule has 0 radical (unpaired) electrons. The Bertz CT molecular complexity index is 650. The summed E-state index contributed by atoms with van der Waals surface area (Å²) in [6.07, 6.45) is 15.6. The van der Waals surface area contributed by atoms with E-state index < -0.39 is 35.7 Å². The summed E-state index contributed by atoms with van der Waals surface area (Å²) in [5, 5.41) is 32.3. The number of carbonyl (C=O) groups is 3. The largest absolute Gasteiger partial charge is 0.466 e. The van der Waals surface area contributed by atoms with Crippen LogP contribution in [0.5, 0.6) is 0 Å². The molecule has 9 heteroatoms. The number of hydrogen-bond donors (Lipinski definition) is 3. The zero-order valence-electron chi connectivity index (χ0n) is 24.8. The van der Waals surface area contributed by atoms with E-state index in [0.717, 1.165) is 96.3 Å². The van der Waals surface area contributed by atoms with Crippen molar-refractivity contribution in [1.29, 1.82) is 0 Å². The molecular formula is C30H56O9. The minimum Gasteiger partial charge on any atom is -0.466 e. The number of carbonyl (C=O) groups excluding carboxylic acids is 3. The Morgan fingerprint density at radius 1 is 0.487 bits per heavy atom. The van der Waals surface area contributed by atoms with Crippen LogP contribution in [-0.4, -0.2) is 64.4 Å². The molecule has 0 amide bonds. The van der Waals surface area contributed by atoms with Crippen LogP contribution in [-0.2, 0) is 28.6 Å². The first-order chi connectivity index (χ1) is 18.7. The van der Waals surface area contributed by atoms with Gasteiger partial charge in [0.2, 0.25) is 5.60 Å². The van der Waals surface area contributed by atoms with Crippen molar-refractivity contribution in [3.8, 4) is 0 Å². The van der Waals surface area contributed by atoms with Crippen molar-refractivity contribution in [2.75, 3.05) is 19.8 Å². The Morgan fingerprint density at radius 3 is 1.23 bits per heavy atom. The van der Waals surface area contributed by atoms with Crippen LogP contribution in [0.3, 0.4) is 0 Å². The van der Waals surface area contributed by atoms with Gasteiger partial charge in [-0.3, -0.25) is 4.79 Å². The number of unbranched alkanes of at least 4 members (excludes halogenated alkanes) is 15. The molecule has 3 N–H and O–H groups in total. The van der Waals surface area contributed by atoms with Gasteiger partial charge < -0.3 is 29.5 Å². The van der Waals surface area contributed by atoms with Gasteiger partial charge in [-0.05, 0) is 19.3 Å². The SMILES string of the molecule is CCCCCCCCOC(=O)CC(O)(C(=O)OCCCCCCCC)C(O)(O)C(=O)OCCCCCCCC. The van der Waals surface area contributed by atoms with E-state index in [4.69, 9.17) is 14.2 Å². The molecule has 1 atom stereocenters. The fourth-order valence-electron chi connectivity index (χ4n) is 4.15. The number of aliphatic hydroxyl groups is 3. The monoisotopic (exact) mass is 560 g/mol. The van der Waals surface area contributed by atoms with Crippen molar-refractivity contribution in [2.24, 2.45) is 0 Å². The number of rotatable bonds is 26. The molecule has 0 aliphatic rings. The van der Waals surface area contributed by atoms with Gasteiger partial charge in [-0.2, -0.15) is 0 Å². The van der Waals surface area contributed by atoms with Crippen LogP contribution in [0, 0.1) is 0 Å². The molecule has 0 heterocycles. The lowest BCUT2D eigenvalue weighted by Crippen LogP contribution is -2.65. The summed E-state index contributed by atoms with van der Waals surface area (Å²) in [6, 6.07) is 0. The Labute approximate surface area is 236 Å². The molecule has 0 aromatic carbocycles. The van der Waals surface area contributed by atoms with Crippen molar-refractivity contribution in [2.45, 2.75) is 154 Å². The van der Waals surface area contributed by atoms with Crippen molar-refractivity contribution in [3.63, 3.8) is 0 Å². The van der Waals surface area contributed by atoms with Crippen LogP contribution in [0.2, 0.25) is 0 Å². The molecule has 0 saturated carbocycles. The fourth-order valence-corrected chi connectivity index (χ4v) is 4.15. The van der Waals surface area contributed by atoms with Crippen molar-refractivity contribution >= 4 is 17.9 Å². The molecule has 230 valence electrons. The van der Waals surface area contributed by atoms with Crippen molar-refractivity contribution in [3.05, 3.63) is 0 Å². The number of ether oxygens (including phenoxy) is 3. The quantitative estimate of drug-likeness (QED) is 0.0541. The normalized spacial score (nSPS) is 13.1. The van der Waals surface area contributed by atoms with Gasteiger partial charge in [0.1, 0.15) is 0 Å². The first-order valence-corrected chi connectivity index (χ1v) is 15.3. The highest BCUT2D eigenvalue weighted by atomic mass is 16.6. The van der Waals surface area contributed by atoms with Crippen molar-refractivity contribution < 1.29 is 43.9 Å². The van der Waals surface area contributed by atoms with Gasteiger partial charge in [0.25, 0.3) is 0 Å². The van der Waals surface area contributed by atoms with E-state index in [1.807, 2.05) is 0 Å². The van der Waals surface area contributed by atoms with Crippen LogP contribution >= 0.6 is 0 Å². The zero-order chi connectivity index (χ0) is 29.4. The van der Waals surface area contributed by atoms with E-state index in [0.29, 0.717) is 19.3 Å². The first-order valence-electron chi connectivity index (χ1n) is 15.3. The molecule has 0 spiro atoms. The number of hydrogen-bond acceptors (Lipinski definition) is 9. The Morgan fingerprint density at radius 2 is 0.821 bits per heavy atom. The Balaban J connectivity index is 5.06. The lowest BCUT2D eigenvalue weighted by Gasteiger charge is -2.34. The third-order valence-electron chi connectivity index (χ3n) is 6.82. The van der Waals surface area contributed by atoms with Gasteiger partial charge in [0, 0.05) is 0 Å². The highest BCUT2D eigenvalue weighted by Crippen LogP contribution is 2.28. The van der Waals surface area contributed by atoms with Crippen LogP contribution in [0.1, 0.15) is 143 Å². The third-order valence-corrected chi connectivity index (χ3v) is 6.82. The Kier molecular flexibility index (Phi) is 22.0. The van der Waals surface area contributed by atoms with E-state index in [2.05, 4.69) is 20.8 Å². The predicted molar refractivity (Wildman–Crippen MR) is 150 cm³/mol. The maximum atomic E-state index is 12.8. The van der Waals surface area contributed by atoms with Crippen LogP contribution in [0.25, 0.3) is 0 Å². The summed E-state index contributed by atoms with van der Waals surface area (Å²) in [7, 11) is 0. The fraction of sp³-hybridized carbons (Fsp3) is 0.900. The lowest BCUT2D eigenvalue weighted by molar-refractivity contribution is -0.277. The smallest absolute Gasteiger partial charge is 0.370 e. The van der Waals surface area contributed by atoms with E-state index >= 15 is 0 Å². The van der Waals surface area contributed by atoms with Gasteiger partial charge in [-0.1, -0.05) is 117 Å². The molecular weight excluding hydrogens is 504 g/mol. The van der Waals surface area contributed by atoms with Crippen molar-refractivity contribution in [1.82, 2.24) is 0 Å². The molecule has 1 unspecified atom stereocenters. The topological polar surface area (TPSA) is 140 Å². The molecule has 0 aliphatic heterocycles. The average molecular weight is 561 g/mol. The molecule has 0 bridgehead atoms. The van der Waals surface area contributed by atoms with Crippen LogP contribution < -0.4 is 0 Å². The summed E-state index contributed by atoms with van der Waals surface area (Å²) in [6.45, 7) is 6.18. The minimum absolute atomic E-state index is 0.0557. The summed E-state index contributed by atoms with van der Waals surface area (Å²) >= 11 is 0. The first kappa shape index (κ1) is 37.3. The molecule has 0 aromatic rings.